The second-order valence-electron chi connectivity index (χ2n) is 8.56. The summed E-state index contributed by atoms with van der Waals surface area (Å²) in [5.41, 5.74) is -2.78. The van der Waals surface area contributed by atoms with Crippen LogP contribution in [0.3, 0.4) is 0 Å². The van der Waals surface area contributed by atoms with Crippen molar-refractivity contribution >= 4 is 9.84 Å². The number of fused-ring (bicyclic) bond motifs is 1. The average molecular weight is 473 g/mol. The van der Waals surface area contributed by atoms with Crippen LogP contribution in [0, 0.1) is 0 Å². The molecule has 0 fully saturated rings. The number of hydrogen-bond donors (Lipinski definition) is 2. The lowest BCUT2D eigenvalue weighted by atomic mass is 9.77. The Morgan fingerprint density at radius 2 is 1.79 bits per heavy atom. The number of hydrogen-bond acceptors (Lipinski definition) is 8. The second kappa shape index (κ2) is 7.60. The number of phenolic OH excluding ortho intramolecular Hbond substituents is 1. The van der Waals surface area contributed by atoms with E-state index in [0.717, 1.165) is 4.68 Å². The molecular formula is C23H24N2O7S. The number of aryl methyl sites for hydroxylation is 1. The maximum absolute atomic E-state index is 13.2. The summed E-state index contributed by atoms with van der Waals surface area (Å²) in [6.45, 7) is 4.90. The molecule has 2 unspecified atom stereocenters. The van der Waals surface area contributed by atoms with Crippen LogP contribution in [0.5, 0.6) is 17.4 Å². The van der Waals surface area contributed by atoms with Crippen molar-refractivity contribution in [2.75, 3.05) is 0 Å². The summed E-state index contributed by atoms with van der Waals surface area (Å²) in [4.78, 5) is 11.3. The molecule has 33 heavy (non-hydrogen) atoms. The number of benzene rings is 2. The van der Waals surface area contributed by atoms with E-state index in [4.69, 9.17) is 9.47 Å². The number of aliphatic hydroxyl groups is 1. The van der Waals surface area contributed by atoms with E-state index >= 15 is 0 Å². The molecule has 0 radical (unpaired) electrons. The molecule has 1 aliphatic rings. The third-order valence-electron chi connectivity index (χ3n) is 6.00. The monoisotopic (exact) mass is 472 g/mol. The largest absolute Gasteiger partial charge is 0.507 e. The molecular weight excluding hydrogens is 448 g/mol. The summed E-state index contributed by atoms with van der Waals surface area (Å²) in [7, 11) is -2.62. The van der Waals surface area contributed by atoms with Gasteiger partial charge in [-0.3, -0.25) is 4.79 Å². The van der Waals surface area contributed by atoms with Gasteiger partial charge in [0, 0.05) is 24.7 Å². The first kappa shape index (κ1) is 22.8. The van der Waals surface area contributed by atoms with E-state index in [0.29, 0.717) is 5.75 Å². The molecule has 0 amide bonds. The topological polar surface area (TPSA) is 128 Å². The highest BCUT2D eigenvalue weighted by atomic mass is 32.2. The first-order valence-electron chi connectivity index (χ1n) is 10.1. The number of sulfone groups is 1. The molecule has 0 saturated heterocycles. The van der Waals surface area contributed by atoms with Gasteiger partial charge in [0.05, 0.1) is 4.90 Å². The molecule has 1 aliphatic heterocycles. The summed E-state index contributed by atoms with van der Waals surface area (Å²) >= 11 is 0. The third kappa shape index (κ3) is 3.75. The van der Waals surface area contributed by atoms with Crippen molar-refractivity contribution in [2.45, 2.75) is 47.9 Å². The predicted molar refractivity (Wildman–Crippen MR) is 118 cm³/mol. The van der Waals surface area contributed by atoms with Crippen LogP contribution < -0.4 is 15.0 Å². The van der Waals surface area contributed by atoms with Crippen LogP contribution in [-0.4, -0.2) is 39.6 Å². The van der Waals surface area contributed by atoms with Gasteiger partial charge in [-0.2, -0.15) is 0 Å². The molecule has 0 spiro atoms. The minimum absolute atomic E-state index is 0.0694. The molecule has 2 N–H and O–H groups in total. The molecule has 4 rings (SSSR count). The van der Waals surface area contributed by atoms with Gasteiger partial charge in [0.25, 0.3) is 5.56 Å². The van der Waals surface area contributed by atoms with Gasteiger partial charge in [-0.15, -0.1) is 5.10 Å². The van der Waals surface area contributed by atoms with E-state index in [-0.39, 0.29) is 32.5 Å². The number of nitrogens with zero attached hydrogens (tertiary/aromatic N) is 2. The zero-order valence-electron chi connectivity index (χ0n) is 18.5. The molecule has 1 aromatic heterocycles. The molecule has 0 aliphatic carbocycles. The molecule has 2 atom stereocenters. The van der Waals surface area contributed by atoms with Crippen molar-refractivity contribution in [3.63, 3.8) is 0 Å². The zero-order chi connectivity index (χ0) is 24.2. The van der Waals surface area contributed by atoms with E-state index in [1.165, 1.54) is 68.6 Å². The maximum atomic E-state index is 13.2. The smallest absolute Gasteiger partial charge is 0.266 e. The third-order valence-corrected chi connectivity index (χ3v) is 7.80. The SMILES string of the molecule is Cn1nc(OC2c3cc(S(=O)(=O)c4ccccc4O)ccc3OC(C)(C)C2(C)O)ccc1=O. The predicted octanol–water partition coefficient (Wildman–Crippen LogP) is 2.36. The molecule has 10 heteroatoms. The molecule has 0 saturated carbocycles. The van der Waals surface area contributed by atoms with Crippen molar-refractivity contribution in [2.24, 2.45) is 7.05 Å². The van der Waals surface area contributed by atoms with E-state index < -0.39 is 27.1 Å². The normalized spacial score (nSPS) is 21.7. The standard InChI is InChI=1S/C23H24N2O7S/c1-22(2)23(3,28)21(31-19-11-12-20(27)25(4)24-19)15-13-14(9-10-17(15)32-22)33(29,30)18-8-6-5-7-16(18)26/h5-13,21,26,28H,1-4H3. The Hall–Kier alpha value is -3.37. The van der Waals surface area contributed by atoms with Crippen LogP contribution in [0.1, 0.15) is 32.4 Å². The lowest BCUT2D eigenvalue weighted by Crippen LogP contribution is -2.59. The fourth-order valence-electron chi connectivity index (χ4n) is 3.64. The van der Waals surface area contributed by atoms with Gasteiger partial charge in [-0.05, 0) is 51.1 Å². The van der Waals surface area contributed by atoms with E-state index in [1.807, 2.05) is 0 Å². The molecule has 174 valence electrons. The van der Waals surface area contributed by atoms with Gasteiger partial charge in [0.1, 0.15) is 27.6 Å². The van der Waals surface area contributed by atoms with Crippen LogP contribution in [0.25, 0.3) is 0 Å². The van der Waals surface area contributed by atoms with Crippen molar-refractivity contribution in [1.82, 2.24) is 9.78 Å². The minimum Gasteiger partial charge on any atom is -0.507 e. The van der Waals surface area contributed by atoms with Gasteiger partial charge in [-0.25, -0.2) is 13.1 Å². The minimum atomic E-state index is -4.08. The molecule has 2 heterocycles. The fraction of sp³-hybridized carbons (Fsp3) is 0.304. The van der Waals surface area contributed by atoms with E-state index in [2.05, 4.69) is 5.10 Å². The average Bonchev–Trinajstić information content (AvgIpc) is 2.74. The Morgan fingerprint density at radius 3 is 2.45 bits per heavy atom. The van der Waals surface area contributed by atoms with Crippen molar-refractivity contribution in [3.8, 4) is 17.4 Å². The van der Waals surface area contributed by atoms with Crippen LogP contribution in [-0.2, 0) is 16.9 Å². The second-order valence-corrected chi connectivity index (χ2v) is 10.5. The number of phenols is 1. The van der Waals surface area contributed by atoms with Gasteiger partial charge in [-0.1, -0.05) is 12.1 Å². The van der Waals surface area contributed by atoms with Gasteiger partial charge < -0.3 is 19.7 Å². The summed E-state index contributed by atoms with van der Waals surface area (Å²) in [5, 5.41) is 25.6. The van der Waals surface area contributed by atoms with Crippen LogP contribution in [0.2, 0.25) is 0 Å². The Balaban J connectivity index is 1.87. The first-order chi connectivity index (χ1) is 15.3. The van der Waals surface area contributed by atoms with Gasteiger partial charge >= 0.3 is 0 Å². The zero-order valence-corrected chi connectivity index (χ0v) is 19.3. The molecule has 9 nitrogen and oxygen atoms in total. The number of aromatic hydroxyl groups is 1. The van der Waals surface area contributed by atoms with Gasteiger partial charge in [0.15, 0.2) is 6.10 Å². The Bertz CT molecular complexity index is 1390. The Morgan fingerprint density at radius 1 is 1.09 bits per heavy atom. The van der Waals surface area contributed by atoms with Crippen molar-refractivity contribution in [3.05, 3.63) is 70.5 Å². The number of rotatable bonds is 4. The highest BCUT2D eigenvalue weighted by molar-refractivity contribution is 7.91. The number of ether oxygens (including phenoxy) is 2. The van der Waals surface area contributed by atoms with E-state index in [1.54, 1.807) is 13.8 Å². The van der Waals surface area contributed by atoms with E-state index in [9.17, 15) is 23.4 Å². The lowest BCUT2D eigenvalue weighted by Gasteiger charge is -2.48. The maximum Gasteiger partial charge on any atom is 0.266 e. The number of aromatic nitrogens is 2. The highest BCUT2D eigenvalue weighted by Crippen LogP contribution is 2.48. The Kier molecular flexibility index (Phi) is 5.25. The Labute approximate surface area is 190 Å². The van der Waals surface area contributed by atoms with Crippen molar-refractivity contribution in [1.29, 1.82) is 0 Å². The summed E-state index contributed by atoms with van der Waals surface area (Å²) in [6, 6.07) is 12.5. The van der Waals surface area contributed by atoms with Crippen LogP contribution >= 0.6 is 0 Å². The fourth-order valence-corrected chi connectivity index (χ4v) is 5.03. The lowest BCUT2D eigenvalue weighted by molar-refractivity contribution is -0.175. The molecule has 2 aromatic carbocycles. The summed E-state index contributed by atoms with van der Waals surface area (Å²) in [6.07, 6.45) is -1.08. The molecule has 3 aromatic rings. The summed E-state index contributed by atoms with van der Waals surface area (Å²) < 4.78 is 39.5. The van der Waals surface area contributed by atoms with Crippen molar-refractivity contribution < 1.29 is 28.1 Å². The van der Waals surface area contributed by atoms with Crippen LogP contribution in [0.4, 0.5) is 0 Å². The highest BCUT2D eigenvalue weighted by Gasteiger charge is 2.54. The first-order valence-corrected chi connectivity index (χ1v) is 11.6. The molecule has 0 bridgehead atoms. The number of para-hydroxylation sites is 1. The van der Waals surface area contributed by atoms with Gasteiger partial charge in [0.2, 0.25) is 15.7 Å². The quantitative estimate of drug-likeness (QED) is 0.592. The van der Waals surface area contributed by atoms with Crippen LogP contribution in [0.15, 0.2) is 69.2 Å². The summed E-state index contributed by atoms with van der Waals surface area (Å²) in [5.74, 6) is 0.0272.